The first kappa shape index (κ1) is 20.7. The second kappa shape index (κ2) is 11.3. The third kappa shape index (κ3) is 7.56. The van der Waals surface area contributed by atoms with E-state index in [1.807, 2.05) is 0 Å². The number of anilines is 1. The van der Waals surface area contributed by atoms with Crippen LogP contribution in [0, 0.1) is 0 Å². The van der Waals surface area contributed by atoms with Crippen molar-refractivity contribution in [3.63, 3.8) is 0 Å². The molecule has 19 heavy (non-hydrogen) atoms. The zero-order valence-electron chi connectivity index (χ0n) is 11.8. The molecule has 6 N–H and O–H groups in total. The van der Waals surface area contributed by atoms with Crippen LogP contribution in [0.5, 0.6) is 0 Å². The van der Waals surface area contributed by atoms with E-state index in [0.717, 1.165) is 38.8 Å². The fourth-order valence-corrected chi connectivity index (χ4v) is 1.94. The summed E-state index contributed by atoms with van der Waals surface area (Å²) in [5, 5.41) is 0.857. The van der Waals surface area contributed by atoms with Gasteiger partial charge in [-0.1, -0.05) is 26.7 Å². The van der Waals surface area contributed by atoms with Crippen LogP contribution in [-0.2, 0) is 0 Å². The molecule has 0 atom stereocenters. The molecule has 1 heterocycles. The molecule has 0 radical (unpaired) electrons. The molecular formula is C11H26N6S2. The van der Waals surface area contributed by atoms with E-state index in [4.69, 9.17) is 0 Å². The van der Waals surface area contributed by atoms with E-state index in [9.17, 15) is 0 Å². The van der Waals surface area contributed by atoms with E-state index >= 15 is 0 Å². The van der Waals surface area contributed by atoms with Crippen molar-refractivity contribution in [2.45, 2.75) is 49.8 Å². The molecule has 0 bridgehead atoms. The zero-order chi connectivity index (χ0) is 12.7. The monoisotopic (exact) mass is 306 g/mol. The molecule has 0 aliphatic heterocycles. The highest BCUT2D eigenvalue weighted by Crippen LogP contribution is 2.13. The highest BCUT2D eigenvalue weighted by molar-refractivity contribution is 7.80. The van der Waals surface area contributed by atoms with Crippen molar-refractivity contribution in [1.29, 1.82) is 0 Å². The van der Waals surface area contributed by atoms with Crippen LogP contribution in [0.15, 0.2) is 10.3 Å². The SMILES string of the molecule is CCCCN(CCCC)c1nc(S)nc(S)n1.N.N. The Labute approximate surface area is 126 Å². The van der Waals surface area contributed by atoms with Gasteiger partial charge in [0.15, 0.2) is 10.3 Å². The van der Waals surface area contributed by atoms with Gasteiger partial charge in [0, 0.05) is 13.1 Å². The number of thiol groups is 2. The van der Waals surface area contributed by atoms with Crippen molar-refractivity contribution in [1.82, 2.24) is 27.3 Å². The topological polar surface area (TPSA) is 112 Å². The Kier molecular flexibility index (Phi) is 12.3. The summed E-state index contributed by atoms with van der Waals surface area (Å²) in [6.45, 7) is 6.31. The second-order valence-corrected chi connectivity index (χ2v) is 4.73. The predicted molar refractivity (Wildman–Crippen MR) is 86.4 cm³/mol. The maximum Gasteiger partial charge on any atom is 0.230 e. The lowest BCUT2D eigenvalue weighted by molar-refractivity contribution is 0.645. The molecule has 1 rings (SSSR count). The lowest BCUT2D eigenvalue weighted by Gasteiger charge is -2.22. The van der Waals surface area contributed by atoms with E-state index in [-0.39, 0.29) is 12.3 Å². The van der Waals surface area contributed by atoms with Gasteiger partial charge in [-0.05, 0) is 12.8 Å². The minimum absolute atomic E-state index is 0. The van der Waals surface area contributed by atoms with Crippen molar-refractivity contribution in [3.05, 3.63) is 0 Å². The van der Waals surface area contributed by atoms with Crippen molar-refractivity contribution in [3.8, 4) is 0 Å². The van der Waals surface area contributed by atoms with Crippen molar-refractivity contribution in [2.24, 2.45) is 0 Å². The first-order chi connectivity index (χ1) is 8.17. The van der Waals surface area contributed by atoms with E-state index in [0.29, 0.717) is 16.3 Å². The van der Waals surface area contributed by atoms with Crippen molar-refractivity contribution < 1.29 is 0 Å². The van der Waals surface area contributed by atoms with Crippen molar-refractivity contribution in [2.75, 3.05) is 18.0 Å². The second-order valence-electron chi connectivity index (χ2n) is 3.93. The molecular weight excluding hydrogens is 280 g/mol. The molecule has 0 aliphatic carbocycles. The third-order valence-electron chi connectivity index (χ3n) is 2.45. The highest BCUT2D eigenvalue weighted by atomic mass is 32.1. The maximum absolute atomic E-state index is 4.26. The Morgan fingerprint density at radius 2 is 1.26 bits per heavy atom. The lowest BCUT2D eigenvalue weighted by Crippen LogP contribution is -2.28. The average Bonchev–Trinajstić information content (AvgIpc) is 2.28. The standard InChI is InChI=1S/C11H20N4S2.2H3N/c1-3-5-7-15(8-6-4-2)9-12-10(16)14-11(17)13-9;;/h3-8H2,1-2H3,(H2,12,13,14,16,17);2*1H3. The molecule has 0 saturated heterocycles. The molecule has 0 amide bonds. The van der Waals surface area contributed by atoms with Crippen LogP contribution in [0.1, 0.15) is 39.5 Å². The van der Waals surface area contributed by atoms with E-state index in [2.05, 4.69) is 59.0 Å². The molecule has 8 heteroatoms. The van der Waals surface area contributed by atoms with Crippen LogP contribution in [0.4, 0.5) is 5.95 Å². The summed E-state index contributed by atoms with van der Waals surface area (Å²) in [6.07, 6.45) is 4.60. The summed E-state index contributed by atoms with van der Waals surface area (Å²) in [5.74, 6) is 0.692. The Morgan fingerprint density at radius 1 is 0.842 bits per heavy atom. The molecule has 6 nitrogen and oxygen atoms in total. The van der Waals surface area contributed by atoms with Crippen LogP contribution in [-0.4, -0.2) is 28.0 Å². The van der Waals surface area contributed by atoms with E-state index < -0.39 is 0 Å². The maximum atomic E-state index is 4.26. The number of unbranched alkanes of at least 4 members (excludes halogenated alkanes) is 2. The Bertz CT molecular complexity index is 322. The summed E-state index contributed by atoms with van der Waals surface area (Å²) in [7, 11) is 0. The highest BCUT2D eigenvalue weighted by Gasteiger charge is 2.10. The molecule has 0 saturated carbocycles. The van der Waals surface area contributed by atoms with Crippen LogP contribution in [0.25, 0.3) is 0 Å². The normalized spacial score (nSPS) is 9.47. The summed E-state index contributed by atoms with van der Waals surface area (Å²) in [6, 6.07) is 0. The van der Waals surface area contributed by atoms with Gasteiger partial charge in [0.05, 0.1) is 0 Å². The smallest absolute Gasteiger partial charge is 0.230 e. The van der Waals surface area contributed by atoms with Gasteiger partial charge in [-0.3, -0.25) is 0 Å². The van der Waals surface area contributed by atoms with Gasteiger partial charge in [0.1, 0.15) is 0 Å². The third-order valence-corrected chi connectivity index (χ3v) is 2.85. The fraction of sp³-hybridized carbons (Fsp3) is 0.727. The van der Waals surface area contributed by atoms with Gasteiger partial charge in [-0.15, -0.1) is 25.3 Å². The molecule has 0 fully saturated rings. The first-order valence-electron chi connectivity index (χ1n) is 6.06. The number of hydrogen-bond donors (Lipinski definition) is 4. The number of rotatable bonds is 7. The molecule has 0 spiro atoms. The van der Waals surface area contributed by atoms with Gasteiger partial charge in [0.2, 0.25) is 5.95 Å². The van der Waals surface area contributed by atoms with Gasteiger partial charge in [0.25, 0.3) is 0 Å². The number of aromatic nitrogens is 3. The number of hydrogen-bond acceptors (Lipinski definition) is 8. The van der Waals surface area contributed by atoms with Crippen LogP contribution in [0.3, 0.4) is 0 Å². The lowest BCUT2D eigenvalue weighted by atomic mass is 10.3. The van der Waals surface area contributed by atoms with Crippen LogP contribution >= 0.6 is 25.3 Å². The first-order valence-corrected chi connectivity index (χ1v) is 6.95. The zero-order valence-corrected chi connectivity index (χ0v) is 13.6. The summed E-state index contributed by atoms with van der Waals surface area (Å²) in [4.78, 5) is 14.7. The van der Waals surface area contributed by atoms with Crippen LogP contribution < -0.4 is 17.2 Å². The Morgan fingerprint density at radius 3 is 1.63 bits per heavy atom. The van der Waals surface area contributed by atoms with Gasteiger partial charge < -0.3 is 17.2 Å². The van der Waals surface area contributed by atoms with Gasteiger partial charge in [-0.25, -0.2) is 0 Å². The molecule has 0 unspecified atom stereocenters. The molecule has 1 aromatic rings. The minimum atomic E-state index is 0. The molecule has 0 aliphatic rings. The molecule has 112 valence electrons. The molecule has 0 aromatic carbocycles. The number of nitrogens with zero attached hydrogens (tertiary/aromatic N) is 4. The summed E-state index contributed by atoms with van der Waals surface area (Å²) < 4.78 is 0. The largest absolute Gasteiger partial charge is 0.344 e. The Balaban J connectivity index is 0. The Hall–Kier alpha value is -0.570. The predicted octanol–water partition coefficient (Wildman–Crippen LogP) is 3.18. The summed E-state index contributed by atoms with van der Waals surface area (Å²) >= 11 is 8.33. The molecule has 1 aromatic heterocycles. The van der Waals surface area contributed by atoms with E-state index in [1.54, 1.807) is 0 Å². The van der Waals surface area contributed by atoms with Gasteiger partial charge >= 0.3 is 0 Å². The van der Waals surface area contributed by atoms with Crippen LogP contribution in [0.2, 0.25) is 0 Å². The van der Waals surface area contributed by atoms with Gasteiger partial charge in [-0.2, -0.15) is 15.0 Å². The quantitative estimate of drug-likeness (QED) is 0.576. The average molecular weight is 307 g/mol. The minimum Gasteiger partial charge on any atom is -0.344 e. The van der Waals surface area contributed by atoms with Crippen molar-refractivity contribution >= 4 is 31.2 Å². The summed E-state index contributed by atoms with van der Waals surface area (Å²) in [5.41, 5.74) is 0. The van der Waals surface area contributed by atoms with E-state index in [1.165, 1.54) is 0 Å². The fourth-order valence-electron chi connectivity index (χ4n) is 1.49.